The highest BCUT2D eigenvalue weighted by Gasteiger charge is 2.14. The molecule has 112 valence electrons. The van der Waals surface area contributed by atoms with Gasteiger partial charge in [-0.15, -0.1) is 11.6 Å². The quantitative estimate of drug-likeness (QED) is 0.728. The lowest BCUT2D eigenvalue weighted by Gasteiger charge is -2.14. The third kappa shape index (κ3) is 3.88. The number of ether oxygens (including phenoxy) is 2. The zero-order valence-electron chi connectivity index (χ0n) is 12.3. The largest absolute Gasteiger partial charge is 0.494 e. The molecule has 0 spiro atoms. The summed E-state index contributed by atoms with van der Waals surface area (Å²) in [5.74, 6) is 0.595. The Morgan fingerprint density at radius 2 is 1.62 bits per heavy atom. The van der Waals surface area contributed by atoms with Gasteiger partial charge in [-0.3, -0.25) is 0 Å². The fourth-order valence-corrected chi connectivity index (χ4v) is 2.30. The lowest BCUT2D eigenvalue weighted by molar-refractivity contribution is 0.242. The second-order valence-electron chi connectivity index (χ2n) is 4.99. The van der Waals surface area contributed by atoms with E-state index in [0.717, 1.165) is 16.9 Å². The van der Waals surface area contributed by atoms with E-state index >= 15 is 0 Å². The lowest BCUT2D eigenvalue weighted by atomic mass is 10.0. The van der Waals surface area contributed by atoms with Gasteiger partial charge in [0, 0.05) is 0 Å². The zero-order valence-corrected chi connectivity index (χ0v) is 13.0. The van der Waals surface area contributed by atoms with Crippen LogP contribution in [-0.2, 0) is 0 Å². The summed E-state index contributed by atoms with van der Waals surface area (Å²) in [5, 5.41) is -0.368. The van der Waals surface area contributed by atoms with Crippen molar-refractivity contribution >= 4 is 11.6 Å². The second kappa shape index (κ2) is 6.81. The molecule has 0 aliphatic carbocycles. The van der Waals surface area contributed by atoms with Crippen molar-refractivity contribution in [2.45, 2.75) is 25.3 Å². The Labute approximate surface area is 129 Å². The Morgan fingerprint density at radius 3 is 2.19 bits per heavy atom. The average molecular weight is 309 g/mol. The summed E-state index contributed by atoms with van der Waals surface area (Å²) in [5.41, 5.74) is 1.70. The number of methoxy groups -OCH3 is 1. The monoisotopic (exact) mass is 308 g/mol. The Hall–Kier alpha value is -1.74. The van der Waals surface area contributed by atoms with Crippen LogP contribution in [0.1, 0.15) is 30.4 Å². The minimum atomic E-state index is -0.397. The van der Waals surface area contributed by atoms with E-state index in [1.807, 2.05) is 38.1 Å². The highest BCUT2D eigenvalue weighted by atomic mass is 35.5. The topological polar surface area (TPSA) is 18.5 Å². The number of hydrogen-bond acceptors (Lipinski definition) is 2. The van der Waals surface area contributed by atoms with Gasteiger partial charge in [0.2, 0.25) is 0 Å². The van der Waals surface area contributed by atoms with Crippen LogP contribution in [0, 0.1) is 5.82 Å². The molecule has 1 unspecified atom stereocenters. The number of hydrogen-bond donors (Lipinski definition) is 0. The van der Waals surface area contributed by atoms with Gasteiger partial charge in [-0.2, -0.15) is 0 Å². The van der Waals surface area contributed by atoms with E-state index in [1.165, 1.54) is 13.2 Å². The van der Waals surface area contributed by atoms with Crippen molar-refractivity contribution in [2.75, 3.05) is 7.11 Å². The van der Waals surface area contributed by atoms with E-state index in [1.54, 1.807) is 12.1 Å². The summed E-state index contributed by atoms with van der Waals surface area (Å²) >= 11 is 6.45. The Morgan fingerprint density at radius 1 is 1.00 bits per heavy atom. The molecule has 0 fully saturated rings. The molecular formula is C17H18ClFO2. The normalized spacial score (nSPS) is 12.3. The number of rotatable bonds is 5. The summed E-state index contributed by atoms with van der Waals surface area (Å²) in [6.45, 7) is 3.95. The predicted octanol–water partition coefficient (Wildman–Crippen LogP) is 4.95. The molecule has 1 atom stereocenters. The third-order valence-corrected chi connectivity index (χ3v) is 3.52. The van der Waals surface area contributed by atoms with E-state index in [-0.39, 0.29) is 17.2 Å². The van der Waals surface area contributed by atoms with Gasteiger partial charge >= 0.3 is 0 Å². The first-order valence-corrected chi connectivity index (χ1v) is 7.19. The van der Waals surface area contributed by atoms with Gasteiger partial charge in [0.15, 0.2) is 11.6 Å². The molecule has 0 saturated carbocycles. The Balaban J connectivity index is 2.21. The van der Waals surface area contributed by atoms with Crippen molar-refractivity contribution in [3.05, 3.63) is 59.4 Å². The first-order chi connectivity index (χ1) is 10.0. The lowest BCUT2D eigenvalue weighted by Crippen LogP contribution is -2.05. The van der Waals surface area contributed by atoms with Crippen molar-refractivity contribution in [2.24, 2.45) is 0 Å². The maximum atomic E-state index is 13.4. The van der Waals surface area contributed by atoms with Gasteiger partial charge < -0.3 is 9.47 Å². The molecule has 0 N–H and O–H groups in total. The summed E-state index contributed by atoms with van der Waals surface area (Å²) in [4.78, 5) is 0. The molecule has 0 aliphatic rings. The maximum absolute atomic E-state index is 13.4. The molecule has 0 amide bonds. The summed E-state index contributed by atoms with van der Waals surface area (Å²) in [7, 11) is 1.43. The molecule has 0 aromatic heterocycles. The molecule has 0 saturated heterocycles. The van der Waals surface area contributed by atoms with Crippen LogP contribution < -0.4 is 9.47 Å². The zero-order chi connectivity index (χ0) is 15.4. The summed E-state index contributed by atoms with van der Waals surface area (Å²) in [6, 6.07) is 12.2. The van der Waals surface area contributed by atoms with Crippen molar-refractivity contribution < 1.29 is 13.9 Å². The molecule has 0 aliphatic heterocycles. The second-order valence-corrected chi connectivity index (χ2v) is 5.43. The van der Waals surface area contributed by atoms with E-state index in [9.17, 15) is 4.39 Å². The SMILES string of the molecule is COc1cc(C(Cl)c2ccc(OC(C)C)cc2)ccc1F. The van der Waals surface area contributed by atoms with Crippen LogP contribution in [0.4, 0.5) is 4.39 Å². The predicted molar refractivity (Wildman–Crippen MR) is 82.9 cm³/mol. The van der Waals surface area contributed by atoms with Gasteiger partial charge in [-0.05, 0) is 49.2 Å². The minimum absolute atomic E-state index is 0.129. The van der Waals surface area contributed by atoms with Gasteiger partial charge in [-0.1, -0.05) is 18.2 Å². The fourth-order valence-electron chi connectivity index (χ4n) is 2.01. The number of alkyl halides is 1. The summed E-state index contributed by atoms with van der Waals surface area (Å²) in [6.07, 6.45) is 0.129. The minimum Gasteiger partial charge on any atom is -0.494 e. The van der Waals surface area contributed by atoms with E-state index in [2.05, 4.69) is 0 Å². The maximum Gasteiger partial charge on any atom is 0.165 e. The summed E-state index contributed by atoms with van der Waals surface area (Å²) < 4.78 is 24.0. The van der Waals surface area contributed by atoms with Crippen LogP contribution >= 0.6 is 11.6 Å². The number of halogens is 2. The van der Waals surface area contributed by atoms with Crippen LogP contribution in [0.2, 0.25) is 0 Å². The molecule has 0 heterocycles. The smallest absolute Gasteiger partial charge is 0.165 e. The van der Waals surface area contributed by atoms with Gasteiger partial charge in [0.05, 0.1) is 18.6 Å². The standard InChI is InChI=1S/C17H18ClFO2/c1-11(2)21-14-7-4-12(5-8-14)17(18)13-6-9-15(19)16(10-13)20-3/h4-11,17H,1-3H3. The highest BCUT2D eigenvalue weighted by molar-refractivity contribution is 6.22. The molecule has 0 radical (unpaired) electrons. The first kappa shape index (κ1) is 15.6. The van der Waals surface area contributed by atoms with Crippen molar-refractivity contribution in [3.63, 3.8) is 0 Å². The Bertz CT molecular complexity index is 596. The van der Waals surface area contributed by atoms with E-state index < -0.39 is 5.82 Å². The molecular weight excluding hydrogens is 291 g/mol. The average Bonchev–Trinajstić information content (AvgIpc) is 2.47. The highest BCUT2D eigenvalue weighted by Crippen LogP contribution is 2.32. The van der Waals surface area contributed by atoms with Crippen LogP contribution in [0.3, 0.4) is 0 Å². The van der Waals surface area contributed by atoms with Crippen molar-refractivity contribution in [1.29, 1.82) is 0 Å². The fraction of sp³-hybridized carbons (Fsp3) is 0.294. The molecule has 2 rings (SSSR count). The number of benzene rings is 2. The molecule has 2 aromatic rings. The Kier molecular flexibility index (Phi) is 5.07. The van der Waals surface area contributed by atoms with Gasteiger partial charge in [0.25, 0.3) is 0 Å². The van der Waals surface area contributed by atoms with Crippen LogP contribution in [0.5, 0.6) is 11.5 Å². The molecule has 21 heavy (non-hydrogen) atoms. The molecule has 0 bridgehead atoms. The first-order valence-electron chi connectivity index (χ1n) is 6.75. The van der Waals surface area contributed by atoms with Crippen LogP contribution in [0.25, 0.3) is 0 Å². The molecule has 2 aromatic carbocycles. The van der Waals surface area contributed by atoms with E-state index in [0.29, 0.717) is 0 Å². The molecule has 4 heteroatoms. The van der Waals surface area contributed by atoms with Crippen molar-refractivity contribution in [3.8, 4) is 11.5 Å². The molecule has 2 nitrogen and oxygen atoms in total. The van der Waals surface area contributed by atoms with Gasteiger partial charge in [0.1, 0.15) is 5.75 Å². The van der Waals surface area contributed by atoms with Crippen LogP contribution in [-0.4, -0.2) is 13.2 Å². The van der Waals surface area contributed by atoms with E-state index in [4.69, 9.17) is 21.1 Å². The van der Waals surface area contributed by atoms with Crippen molar-refractivity contribution in [1.82, 2.24) is 0 Å². The van der Waals surface area contributed by atoms with Crippen LogP contribution in [0.15, 0.2) is 42.5 Å². The third-order valence-electron chi connectivity index (χ3n) is 3.01. The van der Waals surface area contributed by atoms with Gasteiger partial charge in [-0.25, -0.2) is 4.39 Å².